The average molecular weight is 488 g/mol. The smallest absolute Gasteiger partial charge is 0.242 e. The molecule has 0 bridgehead atoms. The number of hydrogen-bond acceptors (Lipinski definition) is 2. The molecular weight excluding hydrogens is 462 g/mol. The highest BCUT2D eigenvalue weighted by atomic mass is 35.5. The Labute approximate surface area is 197 Å². The van der Waals surface area contributed by atoms with Gasteiger partial charge in [-0.15, -0.1) is 0 Å². The molecule has 0 saturated heterocycles. The summed E-state index contributed by atoms with van der Waals surface area (Å²) in [5, 5.41) is 3.80. The summed E-state index contributed by atoms with van der Waals surface area (Å²) in [6, 6.07) is 8.59. The minimum Gasteiger partial charge on any atom is -0.354 e. The van der Waals surface area contributed by atoms with Crippen LogP contribution in [0, 0.1) is 5.82 Å². The largest absolute Gasteiger partial charge is 0.354 e. The molecule has 0 aliphatic rings. The molecule has 0 fully saturated rings. The van der Waals surface area contributed by atoms with Crippen LogP contribution in [0.5, 0.6) is 0 Å². The molecule has 1 atom stereocenters. The van der Waals surface area contributed by atoms with E-state index < -0.39 is 17.8 Å². The lowest BCUT2D eigenvalue weighted by Gasteiger charge is -2.31. The van der Waals surface area contributed by atoms with Crippen LogP contribution in [-0.2, 0) is 22.6 Å². The Kier molecular flexibility index (Phi) is 10.1. The molecule has 2 aromatic carbocycles. The molecule has 168 valence electrons. The fourth-order valence-electron chi connectivity index (χ4n) is 3.21. The third kappa shape index (κ3) is 7.09. The van der Waals surface area contributed by atoms with E-state index >= 15 is 0 Å². The number of carbonyl (C=O) groups is 2. The molecule has 0 aliphatic carbocycles. The standard InChI is InChI=1S/C23H26Cl3FN2O2/c1-3-5-11-28-23(31)21(4-2)29(14-15-9-10-18(25)19(26)12-15)22(30)13-16-17(24)7-6-8-20(16)27/h6-10,12,21H,3-5,11,13-14H2,1-2H3,(H,28,31)/t21-/m1/s1. The zero-order chi connectivity index (χ0) is 23.0. The first kappa shape index (κ1) is 25.4. The zero-order valence-electron chi connectivity index (χ0n) is 17.6. The Balaban J connectivity index is 2.33. The van der Waals surface area contributed by atoms with Crippen LogP contribution in [-0.4, -0.2) is 29.3 Å². The first-order valence-electron chi connectivity index (χ1n) is 10.2. The lowest BCUT2D eigenvalue weighted by molar-refractivity contribution is -0.141. The minimum atomic E-state index is -0.718. The fraction of sp³-hybridized carbons (Fsp3) is 0.391. The Morgan fingerprint density at radius 3 is 2.42 bits per heavy atom. The van der Waals surface area contributed by atoms with E-state index in [1.54, 1.807) is 18.2 Å². The number of unbranched alkanes of at least 4 members (excludes halogenated alkanes) is 1. The highest BCUT2D eigenvalue weighted by molar-refractivity contribution is 6.42. The second-order valence-corrected chi connectivity index (χ2v) is 8.44. The summed E-state index contributed by atoms with van der Waals surface area (Å²) in [5.41, 5.74) is 0.816. The molecular formula is C23H26Cl3FN2O2. The molecule has 0 aliphatic heterocycles. The van der Waals surface area contributed by atoms with Gasteiger partial charge in [-0.3, -0.25) is 9.59 Å². The lowest BCUT2D eigenvalue weighted by Crippen LogP contribution is -2.49. The summed E-state index contributed by atoms with van der Waals surface area (Å²) in [5.74, 6) is -1.21. The van der Waals surface area contributed by atoms with Gasteiger partial charge in [-0.05, 0) is 42.7 Å². The molecule has 2 aromatic rings. The monoisotopic (exact) mass is 486 g/mol. The van der Waals surface area contributed by atoms with E-state index in [4.69, 9.17) is 34.8 Å². The molecule has 0 radical (unpaired) electrons. The van der Waals surface area contributed by atoms with E-state index in [0.29, 0.717) is 28.6 Å². The van der Waals surface area contributed by atoms with Crippen LogP contribution in [0.1, 0.15) is 44.2 Å². The van der Waals surface area contributed by atoms with Gasteiger partial charge in [-0.2, -0.15) is 0 Å². The number of benzene rings is 2. The highest BCUT2D eigenvalue weighted by Gasteiger charge is 2.29. The van der Waals surface area contributed by atoms with Crippen molar-refractivity contribution in [2.75, 3.05) is 6.54 Å². The first-order chi connectivity index (χ1) is 14.8. The molecule has 1 N–H and O–H groups in total. The highest BCUT2D eigenvalue weighted by Crippen LogP contribution is 2.25. The third-order valence-electron chi connectivity index (χ3n) is 4.94. The minimum absolute atomic E-state index is 0.106. The summed E-state index contributed by atoms with van der Waals surface area (Å²) in [6.07, 6.45) is 1.92. The summed E-state index contributed by atoms with van der Waals surface area (Å²) in [4.78, 5) is 27.6. The van der Waals surface area contributed by atoms with Gasteiger partial charge in [0.25, 0.3) is 0 Å². The van der Waals surface area contributed by atoms with Crippen LogP contribution >= 0.6 is 34.8 Å². The van der Waals surface area contributed by atoms with E-state index in [-0.39, 0.29) is 29.5 Å². The molecule has 4 nitrogen and oxygen atoms in total. The summed E-state index contributed by atoms with van der Waals surface area (Å²) < 4.78 is 14.3. The Morgan fingerprint density at radius 2 is 1.81 bits per heavy atom. The quantitative estimate of drug-likeness (QED) is 0.415. The van der Waals surface area contributed by atoms with Crippen LogP contribution in [0.3, 0.4) is 0 Å². The van der Waals surface area contributed by atoms with E-state index in [2.05, 4.69) is 5.32 Å². The SMILES string of the molecule is CCCCNC(=O)[C@@H](CC)N(Cc1ccc(Cl)c(Cl)c1)C(=O)Cc1c(F)cccc1Cl. The number of rotatable bonds is 10. The number of hydrogen-bond donors (Lipinski definition) is 1. The fourth-order valence-corrected chi connectivity index (χ4v) is 3.76. The van der Waals surface area contributed by atoms with E-state index in [9.17, 15) is 14.0 Å². The molecule has 2 amide bonds. The van der Waals surface area contributed by atoms with Crippen molar-refractivity contribution >= 4 is 46.6 Å². The van der Waals surface area contributed by atoms with Crippen LogP contribution in [0.2, 0.25) is 15.1 Å². The van der Waals surface area contributed by atoms with Crippen molar-refractivity contribution in [3.63, 3.8) is 0 Å². The normalized spacial score (nSPS) is 11.8. The number of nitrogens with zero attached hydrogens (tertiary/aromatic N) is 1. The van der Waals surface area contributed by atoms with Gasteiger partial charge in [0.1, 0.15) is 11.9 Å². The van der Waals surface area contributed by atoms with Gasteiger partial charge in [0.2, 0.25) is 11.8 Å². The molecule has 2 rings (SSSR count). The second kappa shape index (κ2) is 12.3. The van der Waals surface area contributed by atoms with Gasteiger partial charge >= 0.3 is 0 Å². The summed E-state index contributed by atoms with van der Waals surface area (Å²) in [7, 11) is 0. The van der Waals surface area contributed by atoms with Gasteiger partial charge in [0.05, 0.1) is 16.5 Å². The van der Waals surface area contributed by atoms with Crippen molar-refractivity contribution in [1.29, 1.82) is 0 Å². The molecule has 0 saturated carbocycles. The molecule has 0 heterocycles. The predicted octanol–water partition coefficient (Wildman–Crippen LogP) is 6.05. The van der Waals surface area contributed by atoms with E-state index in [1.807, 2.05) is 13.8 Å². The topological polar surface area (TPSA) is 49.4 Å². The predicted molar refractivity (Wildman–Crippen MR) is 124 cm³/mol. The second-order valence-electron chi connectivity index (χ2n) is 7.22. The van der Waals surface area contributed by atoms with E-state index in [0.717, 1.165) is 12.8 Å². The number of amides is 2. The molecule has 0 aromatic heterocycles. The van der Waals surface area contributed by atoms with Crippen LogP contribution in [0.4, 0.5) is 4.39 Å². The van der Waals surface area contributed by atoms with Gasteiger partial charge in [0.15, 0.2) is 0 Å². The maximum absolute atomic E-state index is 14.3. The van der Waals surface area contributed by atoms with Crippen LogP contribution < -0.4 is 5.32 Å². The summed E-state index contributed by atoms with van der Waals surface area (Å²) in [6.45, 7) is 4.51. The lowest BCUT2D eigenvalue weighted by atomic mass is 10.1. The number of halogens is 4. The Morgan fingerprint density at radius 1 is 1.06 bits per heavy atom. The van der Waals surface area contributed by atoms with Crippen molar-refractivity contribution in [1.82, 2.24) is 10.2 Å². The Hall–Kier alpha value is -1.82. The van der Waals surface area contributed by atoms with Gasteiger partial charge < -0.3 is 10.2 Å². The summed E-state index contributed by atoms with van der Waals surface area (Å²) >= 11 is 18.2. The molecule has 8 heteroatoms. The third-order valence-corrected chi connectivity index (χ3v) is 6.04. The molecule has 31 heavy (non-hydrogen) atoms. The van der Waals surface area contributed by atoms with E-state index in [1.165, 1.54) is 23.1 Å². The first-order valence-corrected chi connectivity index (χ1v) is 11.4. The van der Waals surface area contributed by atoms with Crippen LogP contribution in [0.25, 0.3) is 0 Å². The van der Waals surface area contributed by atoms with Gasteiger partial charge in [0, 0.05) is 23.7 Å². The average Bonchev–Trinajstić information content (AvgIpc) is 2.73. The van der Waals surface area contributed by atoms with Crippen LogP contribution in [0.15, 0.2) is 36.4 Å². The van der Waals surface area contributed by atoms with Crippen molar-refractivity contribution in [2.24, 2.45) is 0 Å². The molecule has 0 spiro atoms. The van der Waals surface area contributed by atoms with Crippen molar-refractivity contribution < 1.29 is 14.0 Å². The zero-order valence-corrected chi connectivity index (χ0v) is 19.8. The van der Waals surface area contributed by atoms with Gasteiger partial charge in [-0.1, -0.05) is 67.2 Å². The Bertz CT molecular complexity index is 903. The van der Waals surface area contributed by atoms with Crippen molar-refractivity contribution in [3.05, 3.63) is 68.4 Å². The van der Waals surface area contributed by atoms with Crippen molar-refractivity contribution in [2.45, 2.75) is 52.1 Å². The van der Waals surface area contributed by atoms with Gasteiger partial charge in [-0.25, -0.2) is 4.39 Å². The van der Waals surface area contributed by atoms with Crippen molar-refractivity contribution in [3.8, 4) is 0 Å². The maximum Gasteiger partial charge on any atom is 0.242 e. The molecule has 0 unspecified atom stereocenters. The number of carbonyl (C=O) groups excluding carboxylic acids is 2. The number of nitrogens with one attached hydrogen (secondary N) is 1. The maximum atomic E-state index is 14.3.